The van der Waals surface area contributed by atoms with Gasteiger partial charge in [0.2, 0.25) is 5.91 Å². The van der Waals surface area contributed by atoms with E-state index in [-0.39, 0.29) is 12.5 Å². The van der Waals surface area contributed by atoms with Gasteiger partial charge < -0.3 is 15.3 Å². The zero-order chi connectivity index (χ0) is 14.1. The minimum atomic E-state index is 0.0217. The molecule has 1 aromatic carbocycles. The molecule has 2 heterocycles. The molecule has 2 atom stereocenters. The first-order valence-corrected chi connectivity index (χ1v) is 7.49. The Morgan fingerprint density at radius 2 is 2.25 bits per heavy atom. The number of halogens is 1. The SMILES string of the molecule is O=C1CCC2CN(c3cc(Cl)ccc3CO)CCC2N1. The fourth-order valence-corrected chi connectivity index (χ4v) is 3.46. The third-order valence-corrected chi connectivity index (χ3v) is 4.62. The average molecular weight is 295 g/mol. The van der Waals surface area contributed by atoms with Crippen LogP contribution in [-0.2, 0) is 11.4 Å². The molecule has 0 radical (unpaired) electrons. The summed E-state index contributed by atoms with van der Waals surface area (Å²) in [6, 6.07) is 5.93. The van der Waals surface area contributed by atoms with Crippen molar-refractivity contribution in [3.05, 3.63) is 28.8 Å². The van der Waals surface area contributed by atoms with Crippen LogP contribution in [-0.4, -0.2) is 30.1 Å². The van der Waals surface area contributed by atoms with Crippen molar-refractivity contribution in [3.63, 3.8) is 0 Å². The molecule has 0 saturated carbocycles. The highest BCUT2D eigenvalue weighted by atomic mass is 35.5. The molecule has 4 nitrogen and oxygen atoms in total. The molecule has 2 N–H and O–H groups in total. The lowest BCUT2D eigenvalue weighted by Crippen LogP contribution is -2.54. The molecule has 20 heavy (non-hydrogen) atoms. The topological polar surface area (TPSA) is 52.6 Å². The molecule has 0 aliphatic carbocycles. The molecule has 2 aliphatic rings. The lowest BCUT2D eigenvalue weighted by Gasteiger charge is -2.43. The van der Waals surface area contributed by atoms with E-state index in [4.69, 9.17) is 11.6 Å². The predicted octanol–water partition coefficient (Wildman–Crippen LogP) is 1.94. The molecule has 0 aromatic heterocycles. The monoisotopic (exact) mass is 294 g/mol. The van der Waals surface area contributed by atoms with Crippen molar-refractivity contribution in [2.24, 2.45) is 5.92 Å². The number of aliphatic hydroxyl groups is 1. The third kappa shape index (κ3) is 2.63. The van der Waals surface area contributed by atoms with Gasteiger partial charge in [-0.3, -0.25) is 4.79 Å². The number of hydrogen-bond donors (Lipinski definition) is 2. The first-order chi connectivity index (χ1) is 9.67. The average Bonchev–Trinajstić information content (AvgIpc) is 2.46. The van der Waals surface area contributed by atoms with E-state index < -0.39 is 0 Å². The van der Waals surface area contributed by atoms with Gasteiger partial charge in [-0.2, -0.15) is 0 Å². The Kier molecular flexibility index (Phi) is 3.85. The van der Waals surface area contributed by atoms with Gasteiger partial charge in [0, 0.05) is 41.8 Å². The van der Waals surface area contributed by atoms with Gasteiger partial charge in [-0.05, 0) is 30.9 Å². The summed E-state index contributed by atoms with van der Waals surface area (Å²) in [6.07, 6.45) is 2.52. The Bertz CT molecular complexity index is 521. The van der Waals surface area contributed by atoms with Gasteiger partial charge in [-0.25, -0.2) is 0 Å². The van der Waals surface area contributed by atoms with E-state index in [1.54, 1.807) is 0 Å². The van der Waals surface area contributed by atoms with Crippen molar-refractivity contribution >= 4 is 23.2 Å². The minimum absolute atomic E-state index is 0.0217. The van der Waals surface area contributed by atoms with Gasteiger partial charge in [-0.15, -0.1) is 0 Å². The van der Waals surface area contributed by atoms with Crippen LogP contribution in [0, 0.1) is 5.92 Å². The van der Waals surface area contributed by atoms with Crippen molar-refractivity contribution in [2.45, 2.75) is 31.9 Å². The number of amides is 1. The standard InChI is InChI=1S/C15H19ClN2O2/c16-12-3-1-11(9-19)14(7-12)18-6-5-13-10(8-18)2-4-15(20)17-13/h1,3,7,10,13,19H,2,4-6,8-9H2,(H,17,20). The molecular formula is C15H19ClN2O2. The number of fused-ring (bicyclic) bond motifs is 1. The molecule has 3 rings (SSSR count). The summed E-state index contributed by atoms with van der Waals surface area (Å²) in [6.45, 7) is 1.82. The number of carbonyl (C=O) groups is 1. The lowest BCUT2D eigenvalue weighted by atomic mass is 9.85. The summed E-state index contributed by atoms with van der Waals surface area (Å²) in [5, 5.41) is 13.3. The zero-order valence-electron chi connectivity index (χ0n) is 11.3. The fraction of sp³-hybridized carbons (Fsp3) is 0.533. The van der Waals surface area contributed by atoms with Crippen molar-refractivity contribution < 1.29 is 9.90 Å². The van der Waals surface area contributed by atoms with Crippen molar-refractivity contribution in [2.75, 3.05) is 18.0 Å². The molecule has 0 bridgehead atoms. The number of nitrogens with one attached hydrogen (secondary N) is 1. The summed E-state index contributed by atoms with van der Waals surface area (Å²) in [5.41, 5.74) is 1.93. The smallest absolute Gasteiger partial charge is 0.220 e. The number of carbonyl (C=O) groups excluding carboxylic acids is 1. The molecular weight excluding hydrogens is 276 g/mol. The van der Waals surface area contributed by atoms with E-state index in [0.29, 0.717) is 23.4 Å². The lowest BCUT2D eigenvalue weighted by molar-refractivity contribution is -0.124. The molecule has 0 spiro atoms. The van der Waals surface area contributed by atoms with Crippen molar-refractivity contribution in [3.8, 4) is 0 Å². The molecule has 2 aliphatic heterocycles. The van der Waals surface area contributed by atoms with E-state index >= 15 is 0 Å². The maximum Gasteiger partial charge on any atom is 0.220 e. The Morgan fingerprint density at radius 1 is 1.40 bits per heavy atom. The van der Waals surface area contributed by atoms with Crippen LogP contribution in [0.3, 0.4) is 0 Å². The van der Waals surface area contributed by atoms with Crippen LogP contribution in [0.4, 0.5) is 5.69 Å². The van der Waals surface area contributed by atoms with E-state index in [9.17, 15) is 9.90 Å². The molecule has 1 aromatic rings. The Morgan fingerprint density at radius 3 is 3.05 bits per heavy atom. The third-order valence-electron chi connectivity index (χ3n) is 4.38. The van der Waals surface area contributed by atoms with E-state index in [2.05, 4.69) is 10.2 Å². The van der Waals surface area contributed by atoms with Crippen LogP contribution in [0.25, 0.3) is 0 Å². The van der Waals surface area contributed by atoms with Gasteiger partial charge in [-0.1, -0.05) is 17.7 Å². The molecule has 108 valence electrons. The molecule has 2 unspecified atom stereocenters. The minimum Gasteiger partial charge on any atom is -0.392 e. The van der Waals surface area contributed by atoms with E-state index in [1.807, 2.05) is 18.2 Å². The largest absolute Gasteiger partial charge is 0.392 e. The van der Waals surface area contributed by atoms with Gasteiger partial charge >= 0.3 is 0 Å². The number of hydrogen-bond acceptors (Lipinski definition) is 3. The fourth-order valence-electron chi connectivity index (χ4n) is 3.29. The quantitative estimate of drug-likeness (QED) is 0.876. The summed E-state index contributed by atoms with van der Waals surface area (Å²) in [5.74, 6) is 0.672. The number of benzene rings is 1. The number of nitrogens with zero attached hydrogens (tertiary/aromatic N) is 1. The normalized spacial score (nSPS) is 26.1. The predicted molar refractivity (Wildman–Crippen MR) is 78.9 cm³/mol. The molecule has 5 heteroatoms. The van der Waals surface area contributed by atoms with Crippen LogP contribution >= 0.6 is 11.6 Å². The van der Waals surface area contributed by atoms with Gasteiger partial charge in [0.25, 0.3) is 0 Å². The summed E-state index contributed by atoms with van der Waals surface area (Å²) < 4.78 is 0. The van der Waals surface area contributed by atoms with Crippen LogP contribution < -0.4 is 10.2 Å². The van der Waals surface area contributed by atoms with Crippen LogP contribution in [0.5, 0.6) is 0 Å². The summed E-state index contributed by atoms with van der Waals surface area (Å²) >= 11 is 6.08. The Hall–Kier alpha value is -1.26. The first-order valence-electron chi connectivity index (χ1n) is 7.11. The molecule has 1 amide bonds. The van der Waals surface area contributed by atoms with Crippen LogP contribution in [0.1, 0.15) is 24.8 Å². The van der Waals surface area contributed by atoms with Gasteiger partial charge in [0.15, 0.2) is 0 Å². The second-order valence-electron chi connectivity index (χ2n) is 5.64. The van der Waals surface area contributed by atoms with Crippen LogP contribution in [0.15, 0.2) is 18.2 Å². The van der Waals surface area contributed by atoms with Crippen molar-refractivity contribution in [1.29, 1.82) is 0 Å². The number of aliphatic hydroxyl groups excluding tert-OH is 1. The highest BCUT2D eigenvalue weighted by Gasteiger charge is 2.34. The number of anilines is 1. The Balaban J connectivity index is 1.79. The summed E-state index contributed by atoms with van der Waals surface area (Å²) in [7, 11) is 0. The zero-order valence-corrected chi connectivity index (χ0v) is 12.1. The first kappa shape index (κ1) is 13.7. The van der Waals surface area contributed by atoms with Crippen LogP contribution in [0.2, 0.25) is 5.02 Å². The number of piperidine rings is 2. The van der Waals surface area contributed by atoms with Crippen molar-refractivity contribution in [1.82, 2.24) is 5.32 Å². The highest BCUT2D eigenvalue weighted by Crippen LogP contribution is 2.32. The maximum atomic E-state index is 11.4. The Labute approximate surface area is 123 Å². The molecule has 2 saturated heterocycles. The van der Waals surface area contributed by atoms with E-state index in [1.165, 1.54) is 0 Å². The maximum absolute atomic E-state index is 11.4. The second kappa shape index (κ2) is 5.62. The summed E-state index contributed by atoms with van der Waals surface area (Å²) in [4.78, 5) is 13.7. The second-order valence-corrected chi connectivity index (χ2v) is 6.08. The number of rotatable bonds is 2. The van der Waals surface area contributed by atoms with Gasteiger partial charge in [0.05, 0.1) is 6.61 Å². The molecule has 2 fully saturated rings. The van der Waals surface area contributed by atoms with E-state index in [0.717, 1.165) is 37.2 Å². The van der Waals surface area contributed by atoms with Gasteiger partial charge in [0.1, 0.15) is 0 Å². The highest BCUT2D eigenvalue weighted by molar-refractivity contribution is 6.30.